The molecular weight excluding hydrogens is 389 g/mol. The van der Waals surface area contributed by atoms with Crippen LogP contribution in [0.1, 0.15) is 73.7 Å². The third-order valence-corrected chi connectivity index (χ3v) is 7.08. The summed E-state index contributed by atoms with van der Waals surface area (Å²) < 4.78 is 46.2. The van der Waals surface area contributed by atoms with E-state index in [-0.39, 0.29) is 17.2 Å². The molecule has 0 N–H and O–H groups in total. The predicted molar refractivity (Wildman–Crippen MR) is 109 cm³/mol. The summed E-state index contributed by atoms with van der Waals surface area (Å²) in [7, 11) is 0. The number of halogens is 3. The average molecular weight is 416 g/mol. The van der Waals surface area contributed by atoms with Gasteiger partial charge in [-0.05, 0) is 85.6 Å². The maximum atomic E-state index is 14.9. The van der Waals surface area contributed by atoms with Gasteiger partial charge in [0.2, 0.25) is 0 Å². The van der Waals surface area contributed by atoms with Crippen molar-refractivity contribution in [1.82, 2.24) is 0 Å². The molecule has 0 aromatic heterocycles. The number of hydrogen-bond acceptors (Lipinski definition) is 2. The molecule has 2 aliphatic carbocycles. The van der Waals surface area contributed by atoms with Gasteiger partial charge in [0.15, 0.2) is 11.6 Å². The summed E-state index contributed by atoms with van der Waals surface area (Å²) in [4.78, 5) is 12.3. The second-order valence-corrected chi connectivity index (χ2v) is 8.82. The molecule has 0 spiro atoms. The number of fused-ring (bicyclic) bond motifs is 1. The third kappa shape index (κ3) is 4.40. The summed E-state index contributed by atoms with van der Waals surface area (Å²) in [6, 6.07) is 7.26. The van der Waals surface area contributed by atoms with Crippen molar-refractivity contribution in [3.8, 4) is 5.75 Å². The van der Waals surface area contributed by atoms with Crippen LogP contribution < -0.4 is 4.74 Å². The Morgan fingerprint density at radius 1 is 0.900 bits per heavy atom. The molecule has 30 heavy (non-hydrogen) atoms. The molecule has 0 bridgehead atoms. The van der Waals surface area contributed by atoms with Gasteiger partial charge in [0, 0.05) is 6.07 Å². The van der Waals surface area contributed by atoms with E-state index in [0.29, 0.717) is 11.5 Å². The Balaban J connectivity index is 1.43. The smallest absolute Gasteiger partial charge is 0.343 e. The highest BCUT2D eigenvalue weighted by molar-refractivity contribution is 5.91. The Bertz CT molecular complexity index is 927. The fourth-order valence-corrected chi connectivity index (χ4v) is 5.33. The molecule has 0 saturated heterocycles. The van der Waals surface area contributed by atoms with Crippen molar-refractivity contribution >= 4 is 5.97 Å². The van der Waals surface area contributed by atoms with Crippen molar-refractivity contribution in [2.24, 2.45) is 17.8 Å². The van der Waals surface area contributed by atoms with Gasteiger partial charge >= 0.3 is 5.97 Å². The van der Waals surface area contributed by atoms with Crippen LogP contribution in [0.5, 0.6) is 5.75 Å². The minimum atomic E-state index is -1.11. The van der Waals surface area contributed by atoms with Crippen molar-refractivity contribution in [1.29, 1.82) is 0 Å². The molecule has 2 fully saturated rings. The average Bonchev–Trinajstić information content (AvgIpc) is 2.75. The molecule has 1 unspecified atom stereocenters. The molecule has 2 aromatic carbocycles. The van der Waals surface area contributed by atoms with E-state index in [2.05, 4.69) is 6.92 Å². The molecule has 160 valence electrons. The van der Waals surface area contributed by atoms with Crippen LogP contribution in [0.25, 0.3) is 0 Å². The van der Waals surface area contributed by atoms with Gasteiger partial charge in [-0.25, -0.2) is 18.0 Å². The summed E-state index contributed by atoms with van der Waals surface area (Å²) in [6.45, 7) is 2.27. The zero-order valence-electron chi connectivity index (χ0n) is 17.2. The van der Waals surface area contributed by atoms with Crippen LogP contribution in [0.2, 0.25) is 0 Å². The van der Waals surface area contributed by atoms with Gasteiger partial charge in [-0.1, -0.05) is 25.8 Å². The molecular formula is C25H27F3O2. The molecule has 2 aliphatic rings. The van der Waals surface area contributed by atoms with Gasteiger partial charge in [0.1, 0.15) is 11.6 Å². The lowest BCUT2D eigenvalue weighted by molar-refractivity contribution is 0.0733. The first-order valence-electron chi connectivity index (χ1n) is 10.9. The number of benzene rings is 2. The molecule has 5 heteroatoms. The summed E-state index contributed by atoms with van der Waals surface area (Å²) >= 11 is 0. The van der Waals surface area contributed by atoms with E-state index in [4.69, 9.17) is 4.74 Å². The first-order valence-corrected chi connectivity index (χ1v) is 10.9. The second kappa shape index (κ2) is 8.83. The molecule has 0 heterocycles. The normalized spacial score (nSPS) is 26.1. The lowest BCUT2D eigenvalue weighted by atomic mass is 9.63. The minimum absolute atomic E-state index is 0.0538. The fraction of sp³-hybridized carbons (Fsp3) is 0.480. The molecule has 4 atom stereocenters. The number of esters is 1. The number of carbonyl (C=O) groups excluding carboxylic acids is 1. The summed E-state index contributed by atoms with van der Waals surface area (Å²) in [6.07, 6.45) is 8.21. The van der Waals surface area contributed by atoms with E-state index in [0.717, 1.165) is 49.3 Å². The standard InChI is InChI=1S/C25H27F3O2/c1-2-15-3-4-17-12-18(6-5-16(17)11-15)21-9-7-19(13-23(21)27)25(29)30-20-8-10-22(26)24(28)14-20/h7-10,13-18H,2-6,11-12H2,1H3/t15-,16-,17+,18?/m0/s1. The van der Waals surface area contributed by atoms with E-state index >= 15 is 0 Å². The Morgan fingerprint density at radius 3 is 2.40 bits per heavy atom. The fourth-order valence-electron chi connectivity index (χ4n) is 5.33. The Hall–Kier alpha value is -2.30. The molecule has 4 rings (SSSR count). The van der Waals surface area contributed by atoms with Crippen molar-refractivity contribution < 1.29 is 22.7 Å². The van der Waals surface area contributed by atoms with Gasteiger partial charge in [-0.2, -0.15) is 0 Å². The lowest BCUT2D eigenvalue weighted by Crippen LogP contribution is -2.30. The van der Waals surface area contributed by atoms with Crippen LogP contribution in [0.4, 0.5) is 13.2 Å². The highest BCUT2D eigenvalue weighted by Gasteiger charge is 2.36. The van der Waals surface area contributed by atoms with E-state index in [1.165, 1.54) is 31.7 Å². The quantitative estimate of drug-likeness (QED) is 0.395. The number of rotatable bonds is 4. The molecule has 2 nitrogen and oxygen atoms in total. The zero-order valence-corrected chi connectivity index (χ0v) is 17.2. The van der Waals surface area contributed by atoms with E-state index in [9.17, 15) is 18.0 Å². The highest BCUT2D eigenvalue weighted by atomic mass is 19.2. The molecule has 0 amide bonds. The largest absolute Gasteiger partial charge is 0.423 e. The minimum Gasteiger partial charge on any atom is -0.423 e. The van der Waals surface area contributed by atoms with Gasteiger partial charge < -0.3 is 4.74 Å². The van der Waals surface area contributed by atoms with Crippen LogP contribution in [0.15, 0.2) is 36.4 Å². The van der Waals surface area contributed by atoms with Gasteiger partial charge in [-0.3, -0.25) is 0 Å². The van der Waals surface area contributed by atoms with Gasteiger partial charge in [-0.15, -0.1) is 0 Å². The Morgan fingerprint density at radius 2 is 1.67 bits per heavy atom. The number of carbonyl (C=O) groups is 1. The topological polar surface area (TPSA) is 26.3 Å². The molecule has 2 aromatic rings. The maximum Gasteiger partial charge on any atom is 0.343 e. The van der Waals surface area contributed by atoms with Crippen LogP contribution in [-0.4, -0.2) is 5.97 Å². The maximum absolute atomic E-state index is 14.9. The summed E-state index contributed by atoms with van der Waals surface area (Å²) in [5, 5.41) is 0. The van der Waals surface area contributed by atoms with E-state index < -0.39 is 23.4 Å². The lowest BCUT2D eigenvalue weighted by Gasteiger charge is -2.42. The molecule has 0 radical (unpaired) electrons. The SMILES string of the molecule is CC[C@H]1CC[C@@H]2CC(c3ccc(C(=O)Oc4ccc(F)c(F)c4)cc3F)CC[C@H]2C1. The number of hydrogen-bond donors (Lipinski definition) is 0. The van der Waals surface area contributed by atoms with Gasteiger partial charge in [0.25, 0.3) is 0 Å². The first-order chi connectivity index (χ1) is 14.4. The second-order valence-electron chi connectivity index (χ2n) is 8.82. The predicted octanol–water partition coefficient (Wildman–Crippen LogP) is 7.03. The van der Waals surface area contributed by atoms with Crippen LogP contribution in [0.3, 0.4) is 0 Å². The van der Waals surface area contributed by atoms with E-state index in [1.807, 2.05) is 0 Å². The summed E-state index contributed by atoms with van der Waals surface area (Å²) in [5.74, 6) is -0.983. The van der Waals surface area contributed by atoms with Crippen molar-refractivity contribution in [2.75, 3.05) is 0 Å². The van der Waals surface area contributed by atoms with Crippen LogP contribution >= 0.6 is 0 Å². The Labute approximate surface area is 175 Å². The van der Waals surface area contributed by atoms with Crippen molar-refractivity contribution in [3.63, 3.8) is 0 Å². The highest BCUT2D eigenvalue weighted by Crippen LogP contribution is 2.48. The van der Waals surface area contributed by atoms with Crippen LogP contribution in [-0.2, 0) is 0 Å². The van der Waals surface area contributed by atoms with Crippen molar-refractivity contribution in [2.45, 2.75) is 57.8 Å². The number of ether oxygens (including phenoxy) is 1. The van der Waals surface area contributed by atoms with E-state index in [1.54, 1.807) is 12.1 Å². The Kier molecular flexibility index (Phi) is 6.16. The van der Waals surface area contributed by atoms with Crippen molar-refractivity contribution in [3.05, 3.63) is 65.0 Å². The molecule has 0 aliphatic heterocycles. The third-order valence-electron chi connectivity index (χ3n) is 7.08. The van der Waals surface area contributed by atoms with Crippen LogP contribution in [0, 0.1) is 35.2 Å². The summed E-state index contributed by atoms with van der Waals surface area (Å²) in [5.41, 5.74) is 0.716. The zero-order chi connectivity index (χ0) is 21.3. The monoisotopic (exact) mass is 416 g/mol. The molecule has 2 saturated carbocycles. The first kappa shape index (κ1) is 21.0. The van der Waals surface area contributed by atoms with Gasteiger partial charge in [0.05, 0.1) is 5.56 Å².